The van der Waals surface area contributed by atoms with Gasteiger partial charge in [0.25, 0.3) is 5.91 Å². The molecule has 1 aliphatic rings. The lowest BCUT2D eigenvalue weighted by molar-refractivity contribution is 0.0984. The van der Waals surface area contributed by atoms with Gasteiger partial charge in [0.15, 0.2) is 0 Å². The maximum atomic E-state index is 13.0. The van der Waals surface area contributed by atoms with Gasteiger partial charge in [0.1, 0.15) is 5.69 Å². The average Bonchev–Trinajstić information content (AvgIpc) is 3.12. The molecule has 1 aromatic heterocycles. The third-order valence-electron chi connectivity index (χ3n) is 4.79. The first kappa shape index (κ1) is 16.3. The minimum Gasteiger partial charge on any atom is -0.378 e. The first-order chi connectivity index (χ1) is 12.7. The topological polar surface area (TPSA) is 45.2 Å². The molecule has 0 saturated carbocycles. The Morgan fingerprint density at radius 2 is 1.85 bits per heavy atom. The molecular weight excluding hydrogens is 322 g/mol. The first-order valence-corrected chi connectivity index (χ1v) is 8.90. The van der Waals surface area contributed by atoms with E-state index in [4.69, 9.17) is 0 Å². The molecule has 26 heavy (non-hydrogen) atoms. The van der Waals surface area contributed by atoms with E-state index in [1.54, 1.807) is 6.20 Å². The van der Waals surface area contributed by atoms with E-state index in [2.05, 4.69) is 35.4 Å². The molecule has 1 amide bonds. The van der Waals surface area contributed by atoms with E-state index < -0.39 is 0 Å². The summed E-state index contributed by atoms with van der Waals surface area (Å²) in [5.74, 6) is -0.0500. The molecule has 0 spiro atoms. The van der Waals surface area contributed by atoms with Crippen molar-refractivity contribution in [3.8, 4) is 0 Å². The molecule has 2 aromatic carbocycles. The summed E-state index contributed by atoms with van der Waals surface area (Å²) in [5.41, 5.74) is 4.77. The van der Waals surface area contributed by atoms with Crippen LogP contribution >= 0.6 is 0 Å². The molecule has 3 aromatic rings. The van der Waals surface area contributed by atoms with Crippen LogP contribution in [0.15, 0.2) is 72.9 Å². The second kappa shape index (κ2) is 7.00. The number of benzene rings is 2. The number of nitrogens with zero attached hydrogens (tertiary/aromatic N) is 2. The normalized spacial score (nSPS) is 14.0. The van der Waals surface area contributed by atoms with Crippen molar-refractivity contribution in [3.05, 3.63) is 89.7 Å². The summed E-state index contributed by atoms with van der Waals surface area (Å²) in [5, 5.41) is 3.45. The summed E-state index contributed by atoms with van der Waals surface area (Å²) in [7, 11) is 0. The van der Waals surface area contributed by atoms with Crippen molar-refractivity contribution in [2.24, 2.45) is 0 Å². The van der Waals surface area contributed by atoms with Gasteiger partial charge in [0.2, 0.25) is 0 Å². The van der Waals surface area contributed by atoms with Crippen molar-refractivity contribution in [3.63, 3.8) is 0 Å². The zero-order valence-corrected chi connectivity index (χ0v) is 14.7. The Morgan fingerprint density at radius 3 is 2.69 bits per heavy atom. The van der Waals surface area contributed by atoms with Crippen LogP contribution in [0.5, 0.6) is 0 Å². The lowest BCUT2D eigenvalue weighted by Crippen LogP contribution is -2.29. The molecule has 0 bridgehead atoms. The molecule has 4 rings (SSSR count). The molecule has 1 N–H and O–H groups in total. The van der Waals surface area contributed by atoms with E-state index in [9.17, 15) is 4.79 Å². The Bertz CT molecular complexity index is 923. The van der Waals surface area contributed by atoms with Crippen LogP contribution in [0.3, 0.4) is 0 Å². The Morgan fingerprint density at radius 1 is 1.08 bits per heavy atom. The highest BCUT2D eigenvalue weighted by molar-refractivity contribution is 6.06. The minimum atomic E-state index is -0.0500. The van der Waals surface area contributed by atoms with Gasteiger partial charge in [0, 0.05) is 30.2 Å². The molecule has 4 heteroatoms. The highest BCUT2D eigenvalue weighted by Crippen LogP contribution is 2.29. The SMILES string of the molecule is CC(Nc1ccnc(C(=O)N2CCc3ccccc32)c1)c1ccccc1. The number of nitrogens with one attached hydrogen (secondary N) is 1. The van der Waals surface area contributed by atoms with E-state index in [-0.39, 0.29) is 11.9 Å². The van der Waals surface area contributed by atoms with Crippen LogP contribution in [-0.2, 0) is 6.42 Å². The minimum absolute atomic E-state index is 0.0500. The summed E-state index contributed by atoms with van der Waals surface area (Å²) in [6.07, 6.45) is 2.58. The van der Waals surface area contributed by atoms with E-state index in [1.165, 1.54) is 11.1 Å². The quantitative estimate of drug-likeness (QED) is 0.761. The summed E-state index contributed by atoms with van der Waals surface area (Å²) in [6.45, 7) is 2.81. The predicted octanol–water partition coefficient (Wildman–Crippen LogP) is 4.46. The summed E-state index contributed by atoms with van der Waals surface area (Å²) >= 11 is 0. The highest BCUT2D eigenvalue weighted by Gasteiger charge is 2.26. The number of amides is 1. The molecule has 0 fully saturated rings. The smallest absolute Gasteiger partial charge is 0.276 e. The van der Waals surface area contributed by atoms with Crippen molar-refractivity contribution >= 4 is 17.3 Å². The number of rotatable bonds is 4. The van der Waals surface area contributed by atoms with E-state index in [0.717, 1.165) is 17.8 Å². The zero-order valence-electron chi connectivity index (χ0n) is 14.7. The van der Waals surface area contributed by atoms with Gasteiger partial charge in [0.05, 0.1) is 0 Å². The molecule has 1 aliphatic heterocycles. The van der Waals surface area contributed by atoms with Crippen LogP contribution in [-0.4, -0.2) is 17.4 Å². The zero-order chi connectivity index (χ0) is 17.9. The number of pyridine rings is 1. The Hall–Kier alpha value is -3.14. The molecule has 4 nitrogen and oxygen atoms in total. The standard InChI is InChI=1S/C22H21N3O/c1-16(17-7-3-2-4-8-17)24-19-11-13-23-20(15-19)22(26)25-14-12-18-9-5-6-10-21(18)25/h2-11,13,15-16H,12,14H2,1H3,(H,23,24). The molecule has 130 valence electrons. The molecule has 1 unspecified atom stereocenters. The number of carbonyl (C=O) groups is 1. The second-order valence-corrected chi connectivity index (χ2v) is 6.54. The number of carbonyl (C=O) groups excluding carboxylic acids is 1. The summed E-state index contributed by atoms with van der Waals surface area (Å²) in [4.78, 5) is 19.1. The fourth-order valence-corrected chi connectivity index (χ4v) is 3.40. The lowest BCUT2D eigenvalue weighted by atomic mass is 10.1. The predicted molar refractivity (Wildman–Crippen MR) is 105 cm³/mol. The van der Waals surface area contributed by atoms with E-state index >= 15 is 0 Å². The van der Waals surface area contributed by atoms with Gasteiger partial charge in [-0.15, -0.1) is 0 Å². The summed E-state index contributed by atoms with van der Waals surface area (Å²) < 4.78 is 0. The van der Waals surface area contributed by atoms with Gasteiger partial charge in [-0.2, -0.15) is 0 Å². The van der Waals surface area contributed by atoms with Crippen molar-refractivity contribution < 1.29 is 4.79 Å². The molecule has 0 aliphatic carbocycles. The number of aromatic nitrogens is 1. The van der Waals surface area contributed by atoms with Crippen molar-refractivity contribution in [2.45, 2.75) is 19.4 Å². The first-order valence-electron chi connectivity index (χ1n) is 8.90. The van der Waals surface area contributed by atoms with Crippen molar-refractivity contribution in [2.75, 3.05) is 16.8 Å². The molecule has 1 atom stereocenters. The van der Waals surface area contributed by atoms with E-state index in [0.29, 0.717) is 12.2 Å². The second-order valence-electron chi connectivity index (χ2n) is 6.54. The Labute approximate surface area is 153 Å². The molecular formula is C22H21N3O. The van der Waals surface area contributed by atoms with Crippen LogP contribution < -0.4 is 10.2 Å². The fourth-order valence-electron chi connectivity index (χ4n) is 3.40. The van der Waals surface area contributed by atoms with Crippen molar-refractivity contribution in [1.82, 2.24) is 4.98 Å². The number of fused-ring (bicyclic) bond motifs is 1. The third-order valence-corrected chi connectivity index (χ3v) is 4.79. The maximum absolute atomic E-state index is 13.0. The number of anilines is 2. The Kier molecular flexibility index (Phi) is 4.40. The number of hydrogen-bond donors (Lipinski definition) is 1. The van der Waals surface area contributed by atoms with Crippen LogP contribution in [0.25, 0.3) is 0 Å². The van der Waals surface area contributed by atoms with Gasteiger partial charge in [-0.1, -0.05) is 48.5 Å². The molecule has 0 saturated heterocycles. The highest BCUT2D eigenvalue weighted by atomic mass is 16.2. The third kappa shape index (κ3) is 3.18. The lowest BCUT2D eigenvalue weighted by Gasteiger charge is -2.19. The maximum Gasteiger partial charge on any atom is 0.276 e. The number of para-hydroxylation sites is 1. The average molecular weight is 343 g/mol. The fraction of sp³-hybridized carbons (Fsp3) is 0.182. The van der Waals surface area contributed by atoms with E-state index in [1.807, 2.05) is 53.4 Å². The van der Waals surface area contributed by atoms with Crippen LogP contribution in [0.4, 0.5) is 11.4 Å². The largest absolute Gasteiger partial charge is 0.378 e. The van der Waals surface area contributed by atoms with Crippen LogP contribution in [0, 0.1) is 0 Å². The van der Waals surface area contributed by atoms with Gasteiger partial charge < -0.3 is 10.2 Å². The number of hydrogen-bond acceptors (Lipinski definition) is 3. The summed E-state index contributed by atoms with van der Waals surface area (Å²) in [6, 6.07) is 22.2. The van der Waals surface area contributed by atoms with Gasteiger partial charge in [-0.3, -0.25) is 9.78 Å². The molecule has 2 heterocycles. The van der Waals surface area contributed by atoms with Gasteiger partial charge in [-0.05, 0) is 42.7 Å². The van der Waals surface area contributed by atoms with Crippen molar-refractivity contribution in [1.29, 1.82) is 0 Å². The Balaban J connectivity index is 1.54. The van der Waals surface area contributed by atoms with Crippen LogP contribution in [0.1, 0.15) is 34.6 Å². The van der Waals surface area contributed by atoms with Crippen LogP contribution in [0.2, 0.25) is 0 Å². The van der Waals surface area contributed by atoms with Gasteiger partial charge in [-0.25, -0.2) is 0 Å². The molecule has 0 radical (unpaired) electrons. The monoisotopic (exact) mass is 343 g/mol. The van der Waals surface area contributed by atoms with Gasteiger partial charge >= 0.3 is 0 Å².